The summed E-state index contributed by atoms with van der Waals surface area (Å²) in [5, 5.41) is 1.36. The minimum Gasteiger partial charge on any atom is -0.346 e. The molecule has 1 fully saturated rings. The molecule has 1 amide bonds. The van der Waals surface area contributed by atoms with Gasteiger partial charge in [0.1, 0.15) is 0 Å². The maximum Gasteiger partial charge on any atom is 0.222 e. The molecule has 1 aromatic rings. The molecule has 0 unspecified atom stereocenters. The van der Waals surface area contributed by atoms with Crippen LogP contribution in [0.4, 0.5) is 0 Å². The van der Waals surface area contributed by atoms with Crippen LogP contribution in [-0.2, 0) is 4.79 Å². The predicted octanol–water partition coefficient (Wildman–Crippen LogP) is 3.23. The van der Waals surface area contributed by atoms with Gasteiger partial charge in [0.2, 0.25) is 5.91 Å². The van der Waals surface area contributed by atoms with Crippen LogP contribution in [-0.4, -0.2) is 24.4 Å². The van der Waals surface area contributed by atoms with E-state index in [9.17, 15) is 4.79 Å². The van der Waals surface area contributed by atoms with Crippen LogP contribution < -0.4 is 0 Å². The van der Waals surface area contributed by atoms with Gasteiger partial charge in [-0.05, 0) is 24.6 Å². The van der Waals surface area contributed by atoms with Crippen LogP contribution in [0, 0.1) is 0 Å². The highest BCUT2D eigenvalue weighted by Crippen LogP contribution is 2.13. The lowest BCUT2D eigenvalue weighted by Gasteiger charge is -2.03. The number of rotatable bonds is 0. The van der Waals surface area contributed by atoms with Gasteiger partial charge in [0, 0.05) is 30.1 Å². The van der Waals surface area contributed by atoms with Gasteiger partial charge in [0.25, 0.3) is 0 Å². The van der Waals surface area contributed by atoms with Crippen molar-refractivity contribution in [3.8, 4) is 0 Å². The number of carbonyl (C=O) groups excluding carboxylic acids is 1. The molecule has 4 heteroatoms. The van der Waals surface area contributed by atoms with Crippen LogP contribution in [0.1, 0.15) is 12.8 Å². The molecule has 0 spiro atoms. The van der Waals surface area contributed by atoms with E-state index in [0.717, 1.165) is 19.4 Å². The van der Waals surface area contributed by atoms with Crippen molar-refractivity contribution in [2.45, 2.75) is 12.8 Å². The molecule has 0 aromatic heterocycles. The average molecular weight is 246 g/mol. The van der Waals surface area contributed by atoms with E-state index in [1.807, 2.05) is 13.1 Å². The SMILES string of the molecule is CN1CCCC1=O.Clc1cccc(Cl)c1. The quantitative estimate of drug-likeness (QED) is 0.688. The second-order valence-electron chi connectivity index (χ2n) is 3.36. The minimum atomic E-state index is 0.292. The summed E-state index contributed by atoms with van der Waals surface area (Å²) >= 11 is 11.1. The van der Waals surface area contributed by atoms with Gasteiger partial charge in [0.15, 0.2) is 0 Å². The van der Waals surface area contributed by atoms with Crippen LogP contribution in [0.5, 0.6) is 0 Å². The molecule has 0 radical (unpaired) electrons. The first-order valence-corrected chi connectivity index (χ1v) is 5.50. The van der Waals surface area contributed by atoms with Crippen molar-refractivity contribution in [3.63, 3.8) is 0 Å². The van der Waals surface area contributed by atoms with Crippen LogP contribution in [0.3, 0.4) is 0 Å². The third kappa shape index (κ3) is 4.54. The number of halogens is 2. The molecule has 2 nitrogen and oxygen atoms in total. The van der Waals surface area contributed by atoms with E-state index in [0.29, 0.717) is 16.0 Å². The molecule has 0 saturated carbocycles. The minimum absolute atomic E-state index is 0.292. The van der Waals surface area contributed by atoms with Crippen LogP contribution in [0.15, 0.2) is 24.3 Å². The van der Waals surface area contributed by atoms with Crippen molar-refractivity contribution in [3.05, 3.63) is 34.3 Å². The topological polar surface area (TPSA) is 20.3 Å². The number of carbonyl (C=O) groups is 1. The molecular formula is C11H13Cl2NO. The summed E-state index contributed by atoms with van der Waals surface area (Å²) in [6.07, 6.45) is 1.81. The van der Waals surface area contributed by atoms with E-state index in [4.69, 9.17) is 23.2 Å². The second-order valence-corrected chi connectivity index (χ2v) is 4.23. The van der Waals surface area contributed by atoms with Crippen molar-refractivity contribution in [1.29, 1.82) is 0 Å². The van der Waals surface area contributed by atoms with Crippen LogP contribution in [0.2, 0.25) is 10.0 Å². The molecule has 1 heterocycles. The third-order valence-corrected chi connectivity index (χ3v) is 2.57. The van der Waals surface area contributed by atoms with Gasteiger partial charge in [-0.3, -0.25) is 4.79 Å². The van der Waals surface area contributed by atoms with Gasteiger partial charge in [-0.1, -0.05) is 29.3 Å². The first-order chi connectivity index (χ1) is 7.09. The Morgan fingerprint density at radius 3 is 2.07 bits per heavy atom. The van der Waals surface area contributed by atoms with Gasteiger partial charge >= 0.3 is 0 Å². The highest BCUT2D eigenvalue weighted by molar-refractivity contribution is 6.34. The molecule has 2 rings (SSSR count). The van der Waals surface area contributed by atoms with Gasteiger partial charge in [-0.15, -0.1) is 0 Å². The molecule has 1 saturated heterocycles. The van der Waals surface area contributed by atoms with Crippen molar-refractivity contribution in [2.75, 3.05) is 13.6 Å². The lowest BCUT2D eigenvalue weighted by Crippen LogP contribution is -2.17. The van der Waals surface area contributed by atoms with Crippen LogP contribution >= 0.6 is 23.2 Å². The predicted molar refractivity (Wildman–Crippen MR) is 63.3 cm³/mol. The largest absolute Gasteiger partial charge is 0.346 e. The van der Waals surface area contributed by atoms with E-state index in [-0.39, 0.29) is 0 Å². The zero-order valence-electron chi connectivity index (χ0n) is 8.54. The van der Waals surface area contributed by atoms with E-state index >= 15 is 0 Å². The van der Waals surface area contributed by atoms with E-state index in [1.165, 1.54) is 0 Å². The lowest BCUT2D eigenvalue weighted by molar-refractivity contribution is -0.126. The second kappa shape index (κ2) is 5.99. The zero-order chi connectivity index (χ0) is 11.3. The molecule has 82 valence electrons. The van der Waals surface area contributed by atoms with Crippen molar-refractivity contribution >= 4 is 29.1 Å². The number of nitrogens with zero attached hydrogens (tertiary/aromatic N) is 1. The highest BCUT2D eigenvalue weighted by Gasteiger charge is 2.14. The standard InChI is InChI=1S/C6H4Cl2.C5H9NO/c7-5-2-1-3-6(8)4-5;1-6-4-2-3-5(6)7/h1-4H;2-4H2,1H3. The zero-order valence-corrected chi connectivity index (χ0v) is 10.1. The first kappa shape index (κ1) is 12.3. The van der Waals surface area contributed by atoms with E-state index < -0.39 is 0 Å². The molecule has 0 atom stereocenters. The number of amides is 1. The molecule has 15 heavy (non-hydrogen) atoms. The highest BCUT2D eigenvalue weighted by atomic mass is 35.5. The Kier molecular flexibility index (Phi) is 4.92. The van der Waals surface area contributed by atoms with Crippen molar-refractivity contribution < 1.29 is 4.79 Å². The fraction of sp³-hybridized carbons (Fsp3) is 0.364. The summed E-state index contributed by atoms with van der Waals surface area (Å²) in [7, 11) is 1.84. The Labute approximate surface area is 99.8 Å². The first-order valence-electron chi connectivity index (χ1n) is 4.74. The summed E-state index contributed by atoms with van der Waals surface area (Å²) in [6, 6.07) is 7.08. The Balaban J connectivity index is 0.000000151. The smallest absolute Gasteiger partial charge is 0.222 e. The molecule has 0 aliphatic carbocycles. The normalized spacial score (nSPS) is 14.9. The molecule has 0 bridgehead atoms. The third-order valence-electron chi connectivity index (χ3n) is 2.10. The van der Waals surface area contributed by atoms with E-state index in [1.54, 1.807) is 23.1 Å². The Hall–Kier alpha value is -0.730. The number of likely N-dealkylation sites (tertiary alicyclic amines) is 1. The lowest BCUT2D eigenvalue weighted by atomic mass is 10.4. The van der Waals surface area contributed by atoms with Gasteiger partial charge in [-0.2, -0.15) is 0 Å². The van der Waals surface area contributed by atoms with Gasteiger partial charge < -0.3 is 4.90 Å². The van der Waals surface area contributed by atoms with E-state index in [2.05, 4.69) is 0 Å². The maximum absolute atomic E-state index is 10.5. The number of benzene rings is 1. The molecule has 0 N–H and O–H groups in total. The van der Waals surface area contributed by atoms with Crippen LogP contribution in [0.25, 0.3) is 0 Å². The fourth-order valence-corrected chi connectivity index (χ4v) is 1.68. The molecule has 1 aliphatic rings. The Morgan fingerprint density at radius 2 is 1.87 bits per heavy atom. The summed E-state index contributed by atoms with van der Waals surface area (Å²) in [4.78, 5) is 12.3. The summed E-state index contributed by atoms with van der Waals surface area (Å²) < 4.78 is 0. The Bertz CT molecular complexity index is 324. The summed E-state index contributed by atoms with van der Waals surface area (Å²) in [6.45, 7) is 0.957. The number of hydrogen-bond acceptors (Lipinski definition) is 1. The number of hydrogen-bond donors (Lipinski definition) is 0. The molecule has 1 aliphatic heterocycles. The molecular weight excluding hydrogens is 233 g/mol. The maximum atomic E-state index is 10.5. The molecule has 1 aromatic carbocycles. The van der Waals surface area contributed by atoms with Crippen molar-refractivity contribution in [1.82, 2.24) is 4.90 Å². The average Bonchev–Trinajstić information content (AvgIpc) is 2.51. The monoisotopic (exact) mass is 245 g/mol. The summed E-state index contributed by atoms with van der Waals surface area (Å²) in [5.41, 5.74) is 0. The van der Waals surface area contributed by atoms with Crippen molar-refractivity contribution in [2.24, 2.45) is 0 Å². The Morgan fingerprint density at radius 1 is 1.27 bits per heavy atom. The summed E-state index contributed by atoms with van der Waals surface area (Å²) in [5.74, 6) is 0.292. The fourth-order valence-electron chi connectivity index (χ4n) is 1.24. The van der Waals surface area contributed by atoms with Gasteiger partial charge in [-0.25, -0.2) is 0 Å². The van der Waals surface area contributed by atoms with Gasteiger partial charge in [0.05, 0.1) is 0 Å².